The number of carbonyl (C=O) groups excluding carboxylic acids is 8. The van der Waals surface area contributed by atoms with Gasteiger partial charge in [-0.25, -0.2) is 29.7 Å². The SMILES string of the molecule is Cc1c(N)nc([C@H](CC(N)=O)NC[C@H](N)C(N)=O)nc1C(=O)N[C@H](C(=O)N[C@H](C)[C@@H](O)[C@H](C)C(=O)N[C@H](C(=O)NCCc1nc(-c2nc(C(=O)NCCCNCCCCNCCCN)cs2)cs1)[C@@H](C)O)[C@@H](O[C@@H]1O[C@@H](CO)[C@@H](O)[C@H](O)[C@@H]1O[C@H]1O[C@H](CO)[C@@H](O)[C@H](OC(N)=O)[C@@H]1O)c1cnc[nH]1.Cl. The summed E-state index contributed by atoms with van der Waals surface area (Å²) in [5, 5.41) is 115. The molecular formula is C60H97ClN20O21S2. The molecule has 0 aromatic carbocycles. The second-order valence-corrected chi connectivity index (χ2v) is 26.3. The third-order valence-corrected chi connectivity index (χ3v) is 18.4. The summed E-state index contributed by atoms with van der Waals surface area (Å²) in [6, 6.07) is -7.87. The van der Waals surface area contributed by atoms with Crippen LogP contribution in [0.25, 0.3) is 10.7 Å². The fourth-order valence-corrected chi connectivity index (χ4v) is 12.2. The molecule has 2 fully saturated rings. The van der Waals surface area contributed by atoms with Gasteiger partial charge in [-0.15, -0.1) is 35.1 Å². The maximum Gasteiger partial charge on any atom is 0.404 e. The molecule has 0 bridgehead atoms. The number of nitrogens with two attached hydrogens (primary N) is 6. The van der Waals surface area contributed by atoms with Crippen LogP contribution in [-0.4, -0.2) is 282 Å². The Morgan fingerprint density at radius 1 is 0.721 bits per heavy atom. The zero-order chi connectivity index (χ0) is 75.8. The van der Waals surface area contributed by atoms with E-state index in [1.54, 1.807) is 10.8 Å². The van der Waals surface area contributed by atoms with E-state index in [2.05, 4.69) is 72.4 Å². The van der Waals surface area contributed by atoms with Gasteiger partial charge in [-0.3, -0.25) is 33.6 Å². The van der Waals surface area contributed by atoms with Crippen molar-refractivity contribution in [2.24, 2.45) is 34.6 Å². The Kier molecular flexibility index (Phi) is 35.7. The van der Waals surface area contributed by atoms with E-state index in [1.165, 1.54) is 50.4 Å². The van der Waals surface area contributed by atoms with Crippen molar-refractivity contribution >= 4 is 88.3 Å². The zero-order valence-corrected chi connectivity index (χ0v) is 59.9. The molecule has 0 spiro atoms. The van der Waals surface area contributed by atoms with E-state index >= 15 is 4.79 Å². The second kappa shape index (κ2) is 42.6. The molecule has 6 heterocycles. The zero-order valence-electron chi connectivity index (χ0n) is 57.4. The monoisotopic (exact) mass is 1530 g/mol. The van der Waals surface area contributed by atoms with Crippen LogP contribution < -0.4 is 76.9 Å². The summed E-state index contributed by atoms with van der Waals surface area (Å²) >= 11 is 2.51. The van der Waals surface area contributed by atoms with Crippen LogP contribution >= 0.6 is 35.1 Å². The highest BCUT2D eigenvalue weighted by Gasteiger charge is 2.54. The molecule has 19 atom stereocenters. The number of H-pyrrole nitrogens is 1. The number of hydrogen-bond acceptors (Lipinski definition) is 34. The fourth-order valence-electron chi connectivity index (χ4n) is 10.6. The number of ether oxygens (including phenoxy) is 5. The molecule has 41 nitrogen and oxygen atoms in total. The van der Waals surface area contributed by atoms with Crippen LogP contribution in [0.15, 0.2) is 23.3 Å². The minimum atomic E-state index is -2.20. The van der Waals surface area contributed by atoms with Crippen molar-refractivity contribution in [3.63, 3.8) is 0 Å². The Bertz CT molecular complexity index is 3410. The summed E-state index contributed by atoms with van der Waals surface area (Å²) in [6.07, 6.45) is -21.4. The highest BCUT2D eigenvalue weighted by Crippen LogP contribution is 2.35. The Balaban J connectivity index is 0.0000194. The first kappa shape index (κ1) is 87.2. The molecule has 2 saturated heterocycles. The molecule has 582 valence electrons. The predicted molar refractivity (Wildman–Crippen MR) is 371 cm³/mol. The highest BCUT2D eigenvalue weighted by molar-refractivity contribution is 7.14. The summed E-state index contributed by atoms with van der Waals surface area (Å²) in [4.78, 5) is 131. The molecular weight excluding hydrogens is 1440 g/mol. The number of anilines is 1. The number of rotatable bonds is 43. The largest absolute Gasteiger partial charge is 0.441 e. The van der Waals surface area contributed by atoms with Crippen molar-refractivity contribution in [2.45, 2.75) is 176 Å². The Morgan fingerprint density at radius 2 is 1.38 bits per heavy atom. The summed E-state index contributed by atoms with van der Waals surface area (Å²) in [7, 11) is 0. The van der Waals surface area contributed by atoms with E-state index in [0.29, 0.717) is 28.8 Å². The van der Waals surface area contributed by atoms with Gasteiger partial charge in [0.25, 0.3) is 11.8 Å². The molecule has 104 heavy (non-hydrogen) atoms. The molecule has 6 rings (SSSR count). The molecule has 0 saturated carbocycles. The number of aromatic nitrogens is 6. The van der Waals surface area contributed by atoms with Crippen molar-refractivity contribution < 1.29 is 103 Å². The lowest BCUT2D eigenvalue weighted by atomic mass is 9.96. The second-order valence-electron chi connectivity index (χ2n) is 24.5. The van der Waals surface area contributed by atoms with Crippen LogP contribution in [-0.2, 0) is 54.1 Å². The standard InChI is InChI=1S/C60H96N20O21S2.ClH/c1-25-38(77-51(80-49(25)64)30(17-36(63)84)72-18-29(62)50(65)90)55(94)79-40(46(31-19-69-24-73-31)99-59-48(44(88)42(86)34(20-81)98-59)100-58-45(89)47(101-60(66)96)43(87)35(21-82)97-58)56(95)74-27(3)41(85)26(2)52(91)78-39(28(4)83)54(93)71-16-9-37-75-33(23-102-37)57-76-32(22-103-57)53(92)70-15-8-14-68-12-6-5-11-67-13-7-10-61;/h19,22-24,26-30,34-35,39-48,58-59,67-68,72,81-83,85-89H,5-18,20-21,61-62H2,1-4H3,(H2,63,84)(H2,65,90)(H2,66,96)(H,69,73)(H,70,92)(H,71,93)(H,74,95)(H,78,91)(H,79,94)(H2,64,77,80);1H/t26-,27+,28+,29-,30-,34-,35+,39-,40-,41-,42+,43+,44-,45-,46-,47-,48-,58+,59-;/m0./s1. The van der Waals surface area contributed by atoms with Gasteiger partial charge in [0.2, 0.25) is 29.5 Å². The molecule has 2 aliphatic rings. The van der Waals surface area contributed by atoms with Crippen LogP contribution in [0, 0.1) is 12.8 Å². The summed E-state index contributed by atoms with van der Waals surface area (Å²) in [5.74, 6) is -8.73. The predicted octanol–water partition coefficient (Wildman–Crippen LogP) is -7.85. The number of carbonyl (C=O) groups is 8. The fraction of sp³-hybridized carbons (Fsp3) is 0.650. The number of thiazole rings is 2. The number of aliphatic hydroxyl groups is 8. The molecule has 4 aromatic rings. The molecule has 4 aromatic heterocycles. The number of imidazole rings is 1. The molecule has 0 aliphatic carbocycles. The molecule has 44 heteroatoms. The summed E-state index contributed by atoms with van der Waals surface area (Å²) < 4.78 is 28.8. The first-order valence-electron chi connectivity index (χ1n) is 33.1. The summed E-state index contributed by atoms with van der Waals surface area (Å²) in [6.45, 7) is 7.22. The van der Waals surface area contributed by atoms with Gasteiger partial charge in [0.15, 0.2) is 18.7 Å². The van der Waals surface area contributed by atoms with Crippen molar-refractivity contribution in [3.05, 3.63) is 56.8 Å². The Hall–Kier alpha value is -7.48. The van der Waals surface area contributed by atoms with Crippen LogP contribution in [0.1, 0.15) is 108 Å². The number of nitrogens with one attached hydrogen (secondary N) is 9. The number of nitrogens with zero attached hydrogens (tertiary/aromatic N) is 5. The molecule has 29 N–H and O–H groups in total. The van der Waals surface area contributed by atoms with Gasteiger partial charge in [-0.1, -0.05) is 6.92 Å². The third-order valence-electron chi connectivity index (χ3n) is 16.6. The lowest BCUT2D eigenvalue weighted by Crippen LogP contribution is -2.65. The lowest BCUT2D eigenvalue weighted by molar-refractivity contribution is -0.372. The third kappa shape index (κ3) is 24.8. The number of aromatic amines is 1. The van der Waals surface area contributed by atoms with E-state index in [-0.39, 0.29) is 66.4 Å². The van der Waals surface area contributed by atoms with E-state index in [4.69, 9.17) is 58.1 Å². The van der Waals surface area contributed by atoms with Gasteiger partial charge < -0.3 is 146 Å². The van der Waals surface area contributed by atoms with E-state index in [9.17, 15) is 74.4 Å². The number of halogens is 1. The number of primary amides is 3. The van der Waals surface area contributed by atoms with Gasteiger partial charge in [0, 0.05) is 48.8 Å². The topological polar surface area (TPSA) is 677 Å². The normalized spacial score (nSPS) is 22.9. The maximum absolute atomic E-state index is 15.2. The van der Waals surface area contributed by atoms with Gasteiger partial charge in [-0.2, -0.15) is 0 Å². The average Bonchev–Trinajstić information content (AvgIpc) is 0.863. The minimum Gasteiger partial charge on any atom is -0.441 e. The van der Waals surface area contributed by atoms with Crippen LogP contribution in [0.2, 0.25) is 0 Å². The minimum absolute atomic E-state index is 0. The first-order chi connectivity index (χ1) is 49.0. The molecule has 0 radical (unpaired) electrons. The maximum atomic E-state index is 15.2. The van der Waals surface area contributed by atoms with Gasteiger partial charge in [-0.05, 0) is 79.2 Å². The van der Waals surface area contributed by atoms with Crippen LogP contribution in [0.4, 0.5) is 10.6 Å². The van der Waals surface area contributed by atoms with Crippen LogP contribution in [0.5, 0.6) is 0 Å². The van der Waals surface area contributed by atoms with E-state index in [1.807, 2.05) is 0 Å². The van der Waals surface area contributed by atoms with E-state index in [0.717, 1.165) is 64.4 Å². The summed E-state index contributed by atoms with van der Waals surface area (Å²) in [5.41, 5.74) is 33.6. The number of amides is 8. The number of unbranched alkanes of at least 4 members (excludes halogenated alkanes) is 1. The van der Waals surface area contributed by atoms with Crippen molar-refractivity contribution in [2.75, 3.05) is 71.3 Å². The molecule has 8 amide bonds. The van der Waals surface area contributed by atoms with Gasteiger partial charge in [0.05, 0.1) is 72.7 Å². The Labute approximate surface area is 610 Å². The highest BCUT2D eigenvalue weighted by atomic mass is 35.5. The lowest BCUT2D eigenvalue weighted by Gasteiger charge is -2.47. The van der Waals surface area contributed by atoms with Crippen molar-refractivity contribution in [1.29, 1.82) is 0 Å². The van der Waals surface area contributed by atoms with E-state index < -0.39 is 183 Å². The van der Waals surface area contributed by atoms with Gasteiger partial charge >= 0.3 is 6.09 Å². The number of nitrogen functional groups attached to an aromatic ring is 1. The molecule has 2 aliphatic heterocycles. The number of aliphatic hydroxyl groups excluding tert-OH is 8. The van der Waals surface area contributed by atoms with Crippen molar-refractivity contribution in [1.82, 2.24) is 72.4 Å². The Morgan fingerprint density at radius 3 is 2.01 bits per heavy atom. The smallest absolute Gasteiger partial charge is 0.404 e. The van der Waals surface area contributed by atoms with Gasteiger partial charge in [0.1, 0.15) is 94.6 Å². The molecule has 0 unspecified atom stereocenters. The first-order valence-corrected chi connectivity index (χ1v) is 34.8. The average molecular weight is 1530 g/mol. The van der Waals surface area contributed by atoms with Crippen molar-refractivity contribution in [3.8, 4) is 10.7 Å². The quantitative estimate of drug-likeness (QED) is 0.0183. The number of hydrogen-bond donors (Lipinski definition) is 23. The van der Waals surface area contributed by atoms with Crippen LogP contribution in [0.3, 0.4) is 0 Å².